The quantitative estimate of drug-likeness (QED) is 0.275. The molecule has 0 aliphatic rings. The first-order valence-corrected chi connectivity index (χ1v) is 13.0. The monoisotopic (exact) mass is 509 g/mol. The Kier molecular flexibility index (Phi) is 6.93. The standard InChI is InChI=1S/C26H23NO6S2/c1-16(2)20-5-3-4-6-21(20)26-25(32-18-10-7-17(8-11-18)9-14-24(28)29)22-13-12-19(15-23(22)34-26)33-35(27,30)31/h3-16H,1-2H3,(H,28,29)(H2,27,30,31)/b14-9+. The van der Waals surface area contributed by atoms with Crippen LogP contribution in [-0.2, 0) is 15.1 Å². The molecule has 0 aliphatic carbocycles. The first-order valence-electron chi connectivity index (χ1n) is 10.7. The molecule has 1 heterocycles. The third-order valence-electron chi connectivity index (χ3n) is 5.17. The fraction of sp³-hybridized carbons (Fsp3) is 0.115. The van der Waals surface area contributed by atoms with Crippen LogP contribution in [0.2, 0.25) is 0 Å². The van der Waals surface area contributed by atoms with E-state index in [1.165, 1.54) is 23.5 Å². The number of aliphatic carboxylic acids is 1. The van der Waals surface area contributed by atoms with Crippen LogP contribution >= 0.6 is 11.3 Å². The van der Waals surface area contributed by atoms with E-state index in [1.807, 2.05) is 18.2 Å². The van der Waals surface area contributed by atoms with Gasteiger partial charge < -0.3 is 14.0 Å². The number of carboxylic acids is 1. The molecule has 4 rings (SSSR count). The molecule has 0 bridgehead atoms. The van der Waals surface area contributed by atoms with Gasteiger partial charge in [0.25, 0.3) is 0 Å². The Morgan fingerprint density at radius 3 is 2.37 bits per heavy atom. The number of hydrogen-bond donors (Lipinski definition) is 2. The zero-order valence-electron chi connectivity index (χ0n) is 19.0. The van der Waals surface area contributed by atoms with Gasteiger partial charge in [0.15, 0.2) is 5.75 Å². The van der Waals surface area contributed by atoms with E-state index in [0.29, 0.717) is 11.5 Å². The first kappa shape index (κ1) is 24.5. The maximum atomic E-state index is 11.4. The van der Waals surface area contributed by atoms with Crippen molar-refractivity contribution in [1.82, 2.24) is 0 Å². The number of rotatable bonds is 8. The van der Waals surface area contributed by atoms with E-state index in [1.54, 1.807) is 36.4 Å². The first-order chi connectivity index (χ1) is 16.6. The highest BCUT2D eigenvalue weighted by Crippen LogP contribution is 2.48. The molecule has 180 valence electrons. The fourth-order valence-electron chi connectivity index (χ4n) is 3.66. The van der Waals surface area contributed by atoms with Crippen molar-refractivity contribution in [2.24, 2.45) is 5.14 Å². The maximum Gasteiger partial charge on any atom is 0.380 e. The topological polar surface area (TPSA) is 116 Å². The summed E-state index contributed by atoms with van der Waals surface area (Å²) < 4.78 is 34.8. The average molecular weight is 510 g/mol. The van der Waals surface area contributed by atoms with Crippen LogP contribution in [0.1, 0.15) is 30.9 Å². The molecule has 1 aromatic heterocycles. The fourth-order valence-corrected chi connectivity index (χ4v) is 5.24. The van der Waals surface area contributed by atoms with Gasteiger partial charge in [-0.05, 0) is 59.0 Å². The third kappa shape index (κ3) is 5.89. The van der Waals surface area contributed by atoms with E-state index in [2.05, 4.69) is 19.9 Å². The van der Waals surface area contributed by atoms with E-state index < -0.39 is 16.3 Å². The largest absolute Gasteiger partial charge is 0.478 e. The lowest BCUT2D eigenvalue weighted by Gasteiger charge is -2.14. The number of thiophene rings is 1. The summed E-state index contributed by atoms with van der Waals surface area (Å²) >= 11 is 1.47. The molecule has 0 radical (unpaired) electrons. The van der Waals surface area contributed by atoms with Crippen LogP contribution in [0.5, 0.6) is 17.2 Å². The second kappa shape index (κ2) is 9.91. The van der Waals surface area contributed by atoms with Crippen LogP contribution in [0.15, 0.2) is 72.8 Å². The van der Waals surface area contributed by atoms with Gasteiger partial charge in [-0.3, -0.25) is 0 Å². The minimum absolute atomic E-state index is 0.117. The molecule has 0 spiro atoms. The molecule has 3 aromatic carbocycles. The van der Waals surface area contributed by atoms with E-state index in [4.69, 9.17) is 19.2 Å². The number of hydrogen-bond acceptors (Lipinski definition) is 6. The van der Waals surface area contributed by atoms with Gasteiger partial charge in [-0.1, -0.05) is 50.2 Å². The van der Waals surface area contributed by atoms with Crippen LogP contribution in [0.25, 0.3) is 26.6 Å². The second-order valence-electron chi connectivity index (χ2n) is 8.08. The molecule has 0 unspecified atom stereocenters. The summed E-state index contributed by atoms with van der Waals surface area (Å²) in [6.45, 7) is 4.24. The van der Waals surface area contributed by atoms with E-state index >= 15 is 0 Å². The predicted molar refractivity (Wildman–Crippen MR) is 138 cm³/mol. The molecule has 0 saturated carbocycles. The zero-order chi connectivity index (χ0) is 25.2. The average Bonchev–Trinajstić information content (AvgIpc) is 3.14. The number of carboxylic acid groups (broad SMARTS) is 1. The van der Waals surface area contributed by atoms with Crippen molar-refractivity contribution in [2.45, 2.75) is 19.8 Å². The minimum Gasteiger partial charge on any atom is -0.478 e. The summed E-state index contributed by atoms with van der Waals surface area (Å²) in [5.74, 6) is 0.575. The van der Waals surface area contributed by atoms with Crippen molar-refractivity contribution in [3.05, 3.63) is 83.9 Å². The molecule has 7 nitrogen and oxygen atoms in total. The summed E-state index contributed by atoms with van der Waals surface area (Å²) in [5, 5.41) is 14.7. The number of benzene rings is 3. The SMILES string of the molecule is CC(C)c1ccccc1-c1sc2cc(OS(N)(=O)=O)ccc2c1Oc1ccc(/C=C/C(=O)O)cc1. The summed E-state index contributed by atoms with van der Waals surface area (Å²) in [6, 6.07) is 20.0. The normalized spacial score (nSPS) is 11.9. The molecule has 0 aliphatic heterocycles. The lowest BCUT2D eigenvalue weighted by atomic mass is 9.96. The maximum absolute atomic E-state index is 11.4. The van der Waals surface area contributed by atoms with E-state index in [0.717, 1.165) is 37.7 Å². The van der Waals surface area contributed by atoms with Crippen molar-refractivity contribution in [1.29, 1.82) is 0 Å². The van der Waals surface area contributed by atoms with Gasteiger partial charge in [0, 0.05) is 16.2 Å². The summed E-state index contributed by atoms with van der Waals surface area (Å²) in [6.07, 6.45) is 2.58. The molecule has 0 saturated heterocycles. The third-order valence-corrected chi connectivity index (χ3v) is 6.77. The summed E-state index contributed by atoms with van der Waals surface area (Å²) in [7, 11) is -4.15. The van der Waals surface area contributed by atoms with Crippen LogP contribution in [0.3, 0.4) is 0 Å². The Hall–Kier alpha value is -3.66. The van der Waals surface area contributed by atoms with Crippen LogP contribution in [0.4, 0.5) is 0 Å². The molecular weight excluding hydrogens is 486 g/mol. The highest BCUT2D eigenvalue weighted by Gasteiger charge is 2.20. The Morgan fingerprint density at radius 2 is 1.71 bits per heavy atom. The molecule has 0 amide bonds. The Labute approximate surface area is 207 Å². The van der Waals surface area contributed by atoms with Crippen molar-refractivity contribution in [2.75, 3.05) is 0 Å². The lowest BCUT2D eigenvalue weighted by Crippen LogP contribution is -2.18. The minimum atomic E-state index is -4.15. The highest BCUT2D eigenvalue weighted by atomic mass is 32.2. The summed E-state index contributed by atoms with van der Waals surface area (Å²) in [5.41, 5.74) is 2.90. The van der Waals surface area contributed by atoms with Crippen molar-refractivity contribution in [3.8, 4) is 27.7 Å². The molecule has 35 heavy (non-hydrogen) atoms. The lowest BCUT2D eigenvalue weighted by molar-refractivity contribution is -0.131. The second-order valence-corrected chi connectivity index (χ2v) is 10.3. The van der Waals surface area contributed by atoms with Crippen LogP contribution in [0, 0.1) is 0 Å². The number of ether oxygens (including phenoxy) is 1. The van der Waals surface area contributed by atoms with Crippen molar-refractivity contribution >= 4 is 43.8 Å². The van der Waals surface area contributed by atoms with Crippen molar-refractivity contribution < 1.29 is 27.2 Å². The zero-order valence-corrected chi connectivity index (χ0v) is 20.6. The molecule has 3 N–H and O–H groups in total. The Balaban J connectivity index is 1.82. The molecule has 4 aromatic rings. The molecular formula is C26H23NO6S2. The molecule has 9 heteroatoms. The number of nitrogens with two attached hydrogens (primary N) is 1. The van der Waals surface area contributed by atoms with E-state index in [9.17, 15) is 13.2 Å². The summed E-state index contributed by atoms with van der Waals surface area (Å²) in [4.78, 5) is 11.7. The van der Waals surface area contributed by atoms with Crippen LogP contribution in [-0.4, -0.2) is 19.5 Å². The van der Waals surface area contributed by atoms with Gasteiger partial charge in [0.2, 0.25) is 0 Å². The Bertz CT molecular complexity index is 1520. The molecule has 0 atom stereocenters. The van der Waals surface area contributed by atoms with E-state index in [-0.39, 0.29) is 11.7 Å². The molecule has 0 fully saturated rings. The van der Waals surface area contributed by atoms with Gasteiger partial charge in [0.05, 0.1) is 4.88 Å². The number of fused-ring (bicyclic) bond motifs is 1. The van der Waals surface area contributed by atoms with Gasteiger partial charge in [-0.15, -0.1) is 11.3 Å². The Morgan fingerprint density at radius 1 is 1.03 bits per heavy atom. The van der Waals surface area contributed by atoms with Gasteiger partial charge >= 0.3 is 16.3 Å². The smallest absolute Gasteiger partial charge is 0.380 e. The van der Waals surface area contributed by atoms with Gasteiger partial charge in [0.1, 0.15) is 11.5 Å². The predicted octanol–water partition coefficient (Wildman–Crippen LogP) is 6.16. The number of carbonyl (C=O) groups is 1. The van der Waals surface area contributed by atoms with Crippen molar-refractivity contribution in [3.63, 3.8) is 0 Å². The van der Waals surface area contributed by atoms with Gasteiger partial charge in [-0.2, -0.15) is 13.6 Å². The van der Waals surface area contributed by atoms with Crippen LogP contribution < -0.4 is 14.1 Å². The highest BCUT2D eigenvalue weighted by molar-refractivity contribution is 7.84. The van der Waals surface area contributed by atoms with Gasteiger partial charge in [-0.25, -0.2) is 4.79 Å².